The molecule has 0 saturated carbocycles. The van der Waals surface area contributed by atoms with Gasteiger partial charge in [0.15, 0.2) is 11.6 Å². The monoisotopic (exact) mass is 303 g/mol. The summed E-state index contributed by atoms with van der Waals surface area (Å²) in [4.78, 5) is 28.5. The molecule has 0 bridgehead atoms. The van der Waals surface area contributed by atoms with E-state index in [4.69, 9.17) is 0 Å². The van der Waals surface area contributed by atoms with E-state index in [9.17, 15) is 23.7 Å². The minimum Gasteiger partial charge on any atom is -0.306 e. The number of aromatic amines is 1. The van der Waals surface area contributed by atoms with Crippen molar-refractivity contribution in [1.82, 2.24) is 9.97 Å². The molecular weight excluding hydrogens is 296 g/mol. The molecule has 0 unspecified atom stereocenters. The van der Waals surface area contributed by atoms with Crippen molar-refractivity contribution in [2.45, 2.75) is 0 Å². The molecule has 1 N–H and O–H groups in total. The van der Waals surface area contributed by atoms with E-state index < -0.39 is 22.1 Å². The second kappa shape index (κ2) is 4.99. The number of non-ortho nitro benzene ring substituents is 1. The van der Waals surface area contributed by atoms with Crippen LogP contribution in [0.25, 0.3) is 22.3 Å². The molecule has 0 atom stereocenters. The molecule has 110 valence electrons. The number of rotatable bonds is 2. The molecule has 1 aromatic heterocycles. The van der Waals surface area contributed by atoms with E-state index in [1.54, 1.807) is 0 Å². The lowest BCUT2D eigenvalue weighted by molar-refractivity contribution is -0.384. The maximum atomic E-state index is 13.3. The van der Waals surface area contributed by atoms with Crippen LogP contribution in [0.5, 0.6) is 0 Å². The van der Waals surface area contributed by atoms with E-state index in [0.717, 1.165) is 12.1 Å². The molecule has 0 fully saturated rings. The summed E-state index contributed by atoms with van der Waals surface area (Å²) in [6, 6.07) is 6.92. The second-order valence-corrected chi connectivity index (χ2v) is 4.50. The van der Waals surface area contributed by atoms with Crippen LogP contribution < -0.4 is 5.56 Å². The van der Waals surface area contributed by atoms with Crippen molar-refractivity contribution in [3.63, 3.8) is 0 Å². The summed E-state index contributed by atoms with van der Waals surface area (Å²) in [5, 5.41) is 10.5. The Morgan fingerprint density at radius 2 is 1.73 bits per heavy atom. The van der Waals surface area contributed by atoms with Crippen LogP contribution in [-0.2, 0) is 0 Å². The third-order valence-corrected chi connectivity index (χ3v) is 3.10. The van der Waals surface area contributed by atoms with Crippen LogP contribution in [0.3, 0.4) is 0 Å². The Bertz CT molecular complexity index is 952. The van der Waals surface area contributed by atoms with E-state index in [-0.39, 0.29) is 22.4 Å². The van der Waals surface area contributed by atoms with Crippen LogP contribution in [-0.4, -0.2) is 14.9 Å². The van der Waals surface area contributed by atoms with Crippen LogP contribution in [0, 0.1) is 21.7 Å². The van der Waals surface area contributed by atoms with E-state index in [2.05, 4.69) is 9.97 Å². The summed E-state index contributed by atoms with van der Waals surface area (Å²) in [6.07, 6.45) is 0. The first-order valence-electron chi connectivity index (χ1n) is 6.09. The topological polar surface area (TPSA) is 88.9 Å². The van der Waals surface area contributed by atoms with Crippen LogP contribution in [0.4, 0.5) is 14.5 Å². The predicted octanol–water partition coefficient (Wildman–Crippen LogP) is 2.78. The van der Waals surface area contributed by atoms with E-state index in [1.807, 2.05) is 0 Å². The molecule has 2 aromatic carbocycles. The van der Waals surface area contributed by atoms with E-state index in [1.165, 1.54) is 24.3 Å². The van der Waals surface area contributed by atoms with Crippen molar-refractivity contribution >= 4 is 16.6 Å². The molecule has 1 heterocycles. The van der Waals surface area contributed by atoms with E-state index >= 15 is 0 Å². The lowest BCUT2D eigenvalue weighted by Gasteiger charge is -2.04. The van der Waals surface area contributed by atoms with Gasteiger partial charge in [0.2, 0.25) is 0 Å². The fourth-order valence-corrected chi connectivity index (χ4v) is 2.01. The van der Waals surface area contributed by atoms with Gasteiger partial charge in [0.1, 0.15) is 5.82 Å². The highest BCUT2D eigenvalue weighted by molar-refractivity contribution is 5.79. The van der Waals surface area contributed by atoms with Gasteiger partial charge in [-0.05, 0) is 18.2 Å². The Morgan fingerprint density at radius 1 is 1.09 bits per heavy atom. The first-order chi connectivity index (χ1) is 10.5. The number of fused-ring (bicyclic) bond motifs is 1. The number of nitrogens with zero attached hydrogens (tertiary/aromatic N) is 2. The number of nitrogens with one attached hydrogen (secondary N) is 1. The van der Waals surface area contributed by atoms with Crippen LogP contribution in [0.1, 0.15) is 0 Å². The van der Waals surface area contributed by atoms with Gasteiger partial charge in [0.25, 0.3) is 11.2 Å². The van der Waals surface area contributed by atoms with Crippen molar-refractivity contribution in [3.8, 4) is 11.4 Å². The van der Waals surface area contributed by atoms with Crippen molar-refractivity contribution < 1.29 is 13.7 Å². The smallest absolute Gasteiger partial charge is 0.269 e. The number of nitro benzene ring substituents is 1. The van der Waals surface area contributed by atoms with Gasteiger partial charge >= 0.3 is 0 Å². The zero-order valence-electron chi connectivity index (χ0n) is 10.8. The number of H-pyrrole nitrogens is 1. The normalized spacial score (nSPS) is 10.8. The van der Waals surface area contributed by atoms with Crippen molar-refractivity contribution in [3.05, 3.63) is 68.5 Å². The molecule has 8 heteroatoms. The van der Waals surface area contributed by atoms with Crippen molar-refractivity contribution in [2.75, 3.05) is 0 Å². The molecule has 0 aliphatic rings. The zero-order chi connectivity index (χ0) is 15.9. The first kappa shape index (κ1) is 13.8. The van der Waals surface area contributed by atoms with Gasteiger partial charge in [0.05, 0.1) is 15.8 Å². The SMILES string of the molecule is O=c1[nH]c(-c2ccc([N+](=O)[O-])cc2)nc2cc(F)c(F)cc12. The van der Waals surface area contributed by atoms with Gasteiger partial charge in [-0.3, -0.25) is 14.9 Å². The molecule has 22 heavy (non-hydrogen) atoms. The minimum absolute atomic E-state index is 0.00370. The van der Waals surface area contributed by atoms with Gasteiger partial charge in [-0.25, -0.2) is 13.8 Å². The van der Waals surface area contributed by atoms with Crippen LogP contribution in [0.2, 0.25) is 0 Å². The number of aromatic nitrogens is 2. The number of nitro groups is 1. The maximum Gasteiger partial charge on any atom is 0.269 e. The zero-order valence-corrected chi connectivity index (χ0v) is 10.8. The molecular formula is C14H7F2N3O3. The maximum absolute atomic E-state index is 13.3. The summed E-state index contributed by atoms with van der Waals surface area (Å²) in [6.45, 7) is 0. The summed E-state index contributed by atoms with van der Waals surface area (Å²) in [7, 11) is 0. The van der Waals surface area contributed by atoms with Gasteiger partial charge in [0, 0.05) is 23.8 Å². The molecule has 0 aliphatic heterocycles. The van der Waals surface area contributed by atoms with Crippen molar-refractivity contribution in [1.29, 1.82) is 0 Å². The molecule has 0 saturated heterocycles. The summed E-state index contributed by atoms with van der Waals surface area (Å²) < 4.78 is 26.4. The average molecular weight is 303 g/mol. The Morgan fingerprint density at radius 3 is 2.36 bits per heavy atom. The molecule has 3 rings (SSSR count). The number of hydrogen-bond acceptors (Lipinski definition) is 4. The quantitative estimate of drug-likeness (QED) is 0.582. The van der Waals surface area contributed by atoms with Gasteiger partial charge in [-0.1, -0.05) is 0 Å². The third-order valence-electron chi connectivity index (χ3n) is 3.10. The molecule has 0 spiro atoms. The van der Waals surface area contributed by atoms with Gasteiger partial charge in [-0.2, -0.15) is 0 Å². The Labute approximate surface area is 121 Å². The van der Waals surface area contributed by atoms with Gasteiger partial charge < -0.3 is 4.98 Å². The van der Waals surface area contributed by atoms with Crippen molar-refractivity contribution in [2.24, 2.45) is 0 Å². The highest BCUT2D eigenvalue weighted by Crippen LogP contribution is 2.21. The highest BCUT2D eigenvalue weighted by atomic mass is 19.2. The third kappa shape index (κ3) is 2.30. The molecule has 0 amide bonds. The summed E-state index contributed by atoms with van der Waals surface area (Å²) in [5.41, 5.74) is -0.331. The van der Waals surface area contributed by atoms with Crippen LogP contribution >= 0.6 is 0 Å². The number of halogens is 2. The Balaban J connectivity index is 2.17. The second-order valence-electron chi connectivity index (χ2n) is 4.50. The molecule has 0 radical (unpaired) electrons. The predicted molar refractivity (Wildman–Crippen MR) is 74.4 cm³/mol. The Hall–Kier alpha value is -3.16. The van der Waals surface area contributed by atoms with Gasteiger partial charge in [-0.15, -0.1) is 0 Å². The lowest BCUT2D eigenvalue weighted by Crippen LogP contribution is -2.10. The van der Waals surface area contributed by atoms with E-state index in [0.29, 0.717) is 5.56 Å². The molecule has 3 aromatic rings. The fourth-order valence-electron chi connectivity index (χ4n) is 2.01. The lowest BCUT2D eigenvalue weighted by atomic mass is 10.1. The minimum atomic E-state index is -1.14. The molecule has 6 nitrogen and oxygen atoms in total. The summed E-state index contributed by atoms with van der Waals surface area (Å²) in [5.74, 6) is -2.14. The largest absolute Gasteiger partial charge is 0.306 e. The Kier molecular flexibility index (Phi) is 3.13. The molecule has 0 aliphatic carbocycles. The fraction of sp³-hybridized carbons (Fsp3) is 0. The highest BCUT2D eigenvalue weighted by Gasteiger charge is 2.11. The summed E-state index contributed by atoms with van der Waals surface area (Å²) >= 11 is 0. The van der Waals surface area contributed by atoms with Crippen LogP contribution in [0.15, 0.2) is 41.2 Å². The standard InChI is InChI=1S/C14H7F2N3O3/c15-10-5-9-12(6-11(10)16)17-13(18-14(9)20)7-1-3-8(4-2-7)19(21)22/h1-6H,(H,17,18,20). The average Bonchev–Trinajstić information content (AvgIpc) is 2.49. The first-order valence-corrected chi connectivity index (χ1v) is 6.09. The number of benzene rings is 2. The number of hydrogen-bond donors (Lipinski definition) is 1.